The van der Waals surface area contributed by atoms with Crippen molar-refractivity contribution >= 4 is 45.7 Å². The van der Waals surface area contributed by atoms with Gasteiger partial charge in [0.2, 0.25) is 5.95 Å². The van der Waals surface area contributed by atoms with Gasteiger partial charge < -0.3 is 10.6 Å². The minimum atomic E-state index is 0.467. The van der Waals surface area contributed by atoms with Crippen LogP contribution in [0.5, 0.6) is 0 Å². The largest absolute Gasteiger partial charge is 0.384 e. The molecule has 3 aromatic rings. The molecule has 0 saturated heterocycles. The molecule has 0 saturated carbocycles. The molecule has 0 radical (unpaired) electrons. The summed E-state index contributed by atoms with van der Waals surface area (Å²) in [4.78, 5) is 12.6. The van der Waals surface area contributed by atoms with Crippen molar-refractivity contribution in [1.82, 2.24) is 15.0 Å². The fraction of sp³-hybridized carbons (Fsp3) is 0.381. The Labute approximate surface area is 175 Å². The Bertz CT molecular complexity index is 888. The predicted molar refractivity (Wildman–Crippen MR) is 118 cm³/mol. The Morgan fingerprint density at radius 1 is 0.750 bits per heavy atom. The van der Waals surface area contributed by atoms with E-state index >= 15 is 0 Å². The topological polar surface area (TPSA) is 62.7 Å². The van der Waals surface area contributed by atoms with Crippen LogP contribution in [0.25, 0.3) is 10.9 Å². The van der Waals surface area contributed by atoms with Crippen LogP contribution >= 0.6 is 23.2 Å². The fourth-order valence-electron chi connectivity index (χ4n) is 3.08. The third kappa shape index (κ3) is 6.50. The van der Waals surface area contributed by atoms with Gasteiger partial charge in [-0.2, -0.15) is 0 Å². The molecule has 0 spiro atoms. The number of nitrogens with zero attached hydrogens (tertiary/aromatic N) is 3. The lowest BCUT2D eigenvalue weighted by atomic mass is 10.1. The zero-order valence-electron chi connectivity index (χ0n) is 15.8. The number of anilines is 2. The number of benzene rings is 1. The van der Waals surface area contributed by atoms with Crippen molar-refractivity contribution in [3.63, 3.8) is 0 Å². The third-order valence-electron chi connectivity index (χ3n) is 4.53. The fourth-order valence-corrected chi connectivity index (χ4v) is 3.38. The summed E-state index contributed by atoms with van der Waals surface area (Å²) < 4.78 is 0. The van der Waals surface area contributed by atoms with E-state index in [9.17, 15) is 0 Å². The van der Waals surface area contributed by atoms with Crippen LogP contribution in [0.4, 0.5) is 11.6 Å². The Morgan fingerprint density at radius 2 is 1.46 bits per heavy atom. The number of aromatic nitrogens is 3. The maximum Gasteiger partial charge on any atom is 0.224 e. The van der Waals surface area contributed by atoms with Gasteiger partial charge in [-0.05, 0) is 43.2 Å². The molecular formula is C21H25Cl2N5. The van der Waals surface area contributed by atoms with Crippen LogP contribution in [0, 0.1) is 0 Å². The summed E-state index contributed by atoms with van der Waals surface area (Å²) in [5.74, 6) is 0.601. The summed E-state index contributed by atoms with van der Waals surface area (Å²) in [5.41, 5.74) is 2.05. The van der Waals surface area contributed by atoms with E-state index in [1.807, 2.05) is 30.5 Å². The van der Waals surface area contributed by atoms with E-state index in [1.54, 1.807) is 12.3 Å². The Kier molecular flexibility index (Phi) is 8.12. The smallest absolute Gasteiger partial charge is 0.224 e. The van der Waals surface area contributed by atoms with Crippen LogP contribution in [-0.4, -0.2) is 28.0 Å². The molecule has 2 heterocycles. The molecule has 0 atom stereocenters. The van der Waals surface area contributed by atoms with E-state index in [-0.39, 0.29) is 0 Å². The third-order valence-corrected chi connectivity index (χ3v) is 4.97. The molecule has 7 heteroatoms. The Balaban J connectivity index is 1.25. The molecular weight excluding hydrogens is 393 g/mol. The van der Waals surface area contributed by atoms with Gasteiger partial charge in [0.1, 0.15) is 5.15 Å². The number of pyridine rings is 1. The van der Waals surface area contributed by atoms with Gasteiger partial charge in [0.15, 0.2) is 0 Å². The molecule has 0 aliphatic carbocycles. The number of nitrogens with one attached hydrogen (secondary N) is 2. The zero-order chi connectivity index (χ0) is 19.6. The second kappa shape index (κ2) is 11.0. The summed E-state index contributed by atoms with van der Waals surface area (Å²) in [7, 11) is 0. The van der Waals surface area contributed by atoms with Crippen molar-refractivity contribution in [2.45, 2.75) is 38.5 Å². The van der Waals surface area contributed by atoms with Gasteiger partial charge in [0.25, 0.3) is 0 Å². The number of rotatable bonds is 11. The van der Waals surface area contributed by atoms with E-state index in [0.29, 0.717) is 16.1 Å². The normalized spacial score (nSPS) is 10.9. The quantitative estimate of drug-likeness (QED) is 0.287. The monoisotopic (exact) mass is 417 g/mol. The van der Waals surface area contributed by atoms with Crippen LogP contribution in [0.3, 0.4) is 0 Å². The molecule has 0 aliphatic heterocycles. The Hall–Kier alpha value is -2.11. The van der Waals surface area contributed by atoms with Crippen molar-refractivity contribution in [1.29, 1.82) is 0 Å². The van der Waals surface area contributed by atoms with E-state index in [1.165, 1.54) is 25.7 Å². The van der Waals surface area contributed by atoms with Crippen molar-refractivity contribution in [3.8, 4) is 0 Å². The second-order valence-corrected chi connectivity index (χ2v) is 7.52. The number of hydrogen-bond acceptors (Lipinski definition) is 5. The first-order valence-electron chi connectivity index (χ1n) is 9.73. The zero-order valence-corrected chi connectivity index (χ0v) is 17.3. The molecule has 1 aromatic carbocycles. The van der Waals surface area contributed by atoms with Crippen molar-refractivity contribution in [3.05, 3.63) is 52.9 Å². The van der Waals surface area contributed by atoms with Gasteiger partial charge in [-0.1, -0.05) is 48.9 Å². The second-order valence-electron chi connectivity index (χ2n) is 6.70. The lowest BCUT2D eigenvalue weighted by Crippen LogP contribution is -2.05. The van der Waals surface area contributed by atoms with Gasteiger partial charge in [0, 0.05) is 41.6 Å². The van der Waals surface area contributed by atoms with Gasteiger partial charge in [-0.3, -0.25) is 4.98 Å². The highest BCUT2D eigenvalue weighted by molar-refractivity contribution is 6.31. The first-order valence-corrected chi connectivity index (χ1v) is 10.5. The van der Waals surface area contributed by atoms with Gasteiger partial charge >= 0.3 is 0 Å². The summed E-state index contributed by atoms with van der Waals surface area (Å²) in [6.45, 7) is 1.84. The molecule has 3 rings (SSSR count). The van der Waals surface area contributed by atoms with E-state index in [0.717, 1.165) is 42.5 Å². The highest BCUT2D eigenvalue weighted by atomic mass is 35.5. The van der Waals surface area contributed by atoms with Crippen molar-refractivity contribution in [2.24, 2.45) is 0 Å². The summed E-state index contributed by atoms with van der Waals surface area (Å²) in [5, 5.41) is 9.02. The molecule has 5 nitrogen and oxygen atoms in total. The summed E-state index contributed by atoms with van der Waals surface area (Å²) in [6, 6.07) is 9.52. The van der Waals surface area contributed by atoms with Crippen molar-refractivity contribution < 1.29 is 0 Å². The summed E-state index contributed by atoms with van der Waals surface area (Å²) >= 11 is 11.9. The van der Waals surface area contributed by atoms with Crippen LogP contribution in [0.2, 0.25) is 10.2 Å². The average molecular weight is 418 g/mol. The lowest BCUT2D eigenvalue weighted by molar-refractivity contribution is 0.609. The maximum atomic E-state index is 6.04. The van der Waals surface area contributed by atoms with Crippen LogP contribution in [0.15, 0.2) is 42.7 Å². The SMILES string of the molecule is Clc1ccc2c(NCCCCCCCCNc3nccc(Cl)n3)ccnc2c1. The molecule has 148 valence electrons. The van der Waals surface area contributed by atoms with E-state index < -0.39 is 0 Å². The van der Waals surface area contributed by atoms with Crippen molar-refractivity contribution in [2.75, 3.05) is 23.7 Å². The highest BCUT2D eigenvalue weighted by Crippen LogP contribution is 2.24. The molecule has 0 amide bonds. The predicted octanol–water partition coefficient (Wildman–Crippen LogP) is 6.20. The van der Waals surface area contributed by atoms with Gasteiger partial charge in [-0.25, -0.2) is 9.97 Å². The molecule has 2 aromatic heterocycles. The van der Waals surface area contributed by atoms with E-state index in [2.05, 4.69) is 25.6 Å². The van der Waals surface area contributed by atoms with Gasteiger partial charge in [0.05, 0.1) is 5.52 Å². The van der Waals surface area contributed by atoms with Crippen LogP contribution < -0.4 is 10.6 Å². The maximum absolute atomic E-state index is 6.04. The standard InChI is InChI=1S/C21H25Cl2N5/c22-16-7-8-17-18(9-13-25-19(17)15-16)24-11-5-3-1-2-4-6-12-26-21-27-14-10-20(23)28-21/h7-10,13-15H,1-6,11-12H2,(H,24,25)(H,26,27,28). The lowest BCUT2D eigenvalue weighted by Gasteiger charge is -2.09. The summed E-state index contributed by atoms with van der Waals surface area (Å²) in [6.07, 6.45) is 10.7. The molecule has 0 unspecified atom stereocenters. The Morgan fingerprint density at radius 3 is 2.25 bits per heavy atom. The number of unbranched alkanes of at least 4 members (excludes halogenated alkanes) is 5. The highest BCUT2D eigenvalue weighted by Gasteiger charge is 2.02. The molecule has 0 bridgehead atoms. The van der Waals surface area contributed by atoms with Crippen LogP contribution in [0.1, 0.15) is 38.5 Å². The average Bonchev–Trinajstić information content (AvgIpc) is 2.69. The molecule has 2 N–H and O–H groups in total. The minimum Gasteiger partial charge on any atom is -0.384 e. The first kappa shape index (κ1) is 20.6. The number of hydrogen-bond donors (Lipinski definition) is 2. The number of halogens is 2. The molecule has 0 fully saturated rings. The van der Waals surface area contributed by atoms with Crippen LogP contribution in [-0.2, 0) is 0 Å². The first-order chi connectivity index (χ1) is 13.7. The number of fused-ring (bicyclic) bond motifs is 1. The van der Waals surface area contributed by atoms with E-state index in [4.69, 9.17) is 23.2 Å². The minimum absolute atomic E-state index is 0.467. The molecule has 28 heavy (non-hydrogen) atoms. The molecule has 0 aliphatic rings. The van der Waals surface area contributed by atoms with Gasteiger partial charge in [-0.15, -0.1) is 0 Å².